The molecule has 6 rings (SSSR count). The summed E-state index contributed by atoms with van der Waals surface area (Å²) >= 11 is 1.51. The van der Waals surface area contributed by atoms with E-state index in [0.29, 0.717) is 5.92 Å². The fourth-order valence-electron chi connectivity index (χ4n) is 4.58. The molecule has 1 atom stereocenters. The van der Waals surface area contributed by atoms with Crippen molar-refractivity contribution in [3.8, 4) is 0 Å². The molecule has 8 heteroatoms. The van der Waals surface area contributed by atoms with Crippen molar-refractivity contribution in [2.75, 3.05) is 6.54 Å². The second-order valence-corrected chi connectivity index (χ2v) is 9.32. The van der Waals surface area contributed by atoms with E-state index >= 15 is 0 Å². The van der Waals surface area contributed by atoms with Gasteiger partial charge in [-0.25, -0.2) is 9.97 Å². The van der Waals surface area contributed by atoms with Gasteiger partial charge in [0, 0.05) is 24.0 Å². The van der Waals surface area contributed by atoms with Crippen LogP contribution in [-0.4, -0.2) is 41.9 Å². The number of pyridine rings is 1. The van der Waals surface area contributed by atoms with Crippen LogP contribution in [0.4, 0.5) is 0 Å². The highest BCUT2D eigenvalue weighted by atomic mass is 32.1. The van der Waals surface area contributed by atoms with Crippen LogP contribution in [-0.2, 0) is 0 Å². The largest absolute Gasteiger partial charge is 0.328 e. The number of hydrogen-bond donors (Lipinski definition) is 0. The van der Waals surface area contributed by atoms with E-state index in [4.69, 9.17) is 9.97 Å². The first-order valence-electron chi connectivity index (χ1n) is 10.5. The smallest absolute Gasteiger partial charge is 0.264 e. The van der Waals surface area contributed by atoms with Gasteiger partial charge in [0.1, 0.15) is 10.7 Å². The average molecular weight is 419 g/mol. The summed E-state index contributed by atoms with van der Waals surface area (Å²) in [5, 5.41) is 9.74. The Kier molecular flexibility index (Phi) is 3.93. The van der Waals surface area contributed by atoms with Crippen molar-refractivity contribution in [2.45, 2.75) is 51.5 Å². The average Bonchev–Trinajstić information content (AvgIpc) is 3.18. The van der Waals surface area contributed by atoms with Crippen molar-refractivity contribution in [2.24, 2.45) is 0 Å². The molecule has 1 saturated carbocycles. The van der Waals surface area contributed by atoms with Crippen LogP contribution in [0.3, 0.4) is 0 Å². The quantitative estimate of drug-likeness (QED) is 0.498. The Bertz CT molecular complexity index is 1300. The lowest BCUT2D eigenvalue weighted by Gasteiger charge is -2.23. The Morgan fingerprint density at radius 2 is 2.00 bits per heavy atom. The van der Waals surface area contributed by atoms with Crippen molar-refractivity contribution >= 4 is 33.1 Å². The van der Waals surface area contributed by atoms with E-state index in [1.165, 1.54) is 24.2 Å². The molecule has 30 heavy (non-hydrogen) atoms. The second-order valence-electron chi connectivity index (χ2n) is 8.32. The minimum Gasteiger partial charge on any atom is -0.328 e. The molecule has 2 fully saturated rings. The SMILES string of the molecule is Cc1nc(C2CC2)nc2sc(C(=O)N3CCC[C@@H]3c3nnc4ccccn34)c(C)c12. The number of nitrogens with zero attached hydrogens (tertiary/aromatic N) is 6. The maximum Gasteiger partial charge on any atom is 0.264 e. The summed E-state index contributed by atoms with van der Waals surface area (Å²) in [5.41, 5.74) is 2.79. The predicted molar refractivity (Wildman–Crippen MR) is 115 cm³/mol. The lowest BCUT2D eigenvalue weighted by molar-refractivity contribution is 0.0733. The van der Waals surface area contributed by atoms with E-state index < -0.39 is 0 Å². The highest BCUT2D eigenvalue weighted by Gasteiger charge is 2.36. The molecular formula is C22H22N6OS. The highest BCUT2D eigenvalue weighted by molar-refractivity contribution is 7.20. The normalized spacial score (nSPS) is 19.3. The first-order valence-corrected chi connectivity index (χ1v) is 11.3. The summed E-state index contributed by atoms with van der Waals surface area (Å²) in [6, 6.07) is 5.79. The van der Waals surface area contributed by atoms with Crippen LogP contribution in [0.25, 0.3) is 15.9 Å². The van der Waals surface area contributed by atoms with Gasteiger partial charge in [-0.3, -0.25) is 9.20 Å². The zero-order chi connectivity index (χ0) is 20.4. The molecule has 0 radical (unpaired) electrons. The number of amides is 1. The lowest BCUT2D eigenvalue weighted by atomic mass is 10.1. The minimum absolute atomic E-state index is 0.0614. The standard InChI is InChI=1S/C22H22N6OS/c1-12-17-13(2)23-19(14-8-9-14)24-21(17)30-18(12)22(29)27-11-5-6-15(27)20-26-25-16-7-3-4-10-28(16)20/h3-4,7,10,14-15H,5-6,8-9,11H2,1-2H3/t15-/m1/s1. The van der Waals surface area contributed by atoms with Crippen molar-refractivity contribution in [3.05, 3.63) is 52.2 Å². The molecule has 0 N–H and O–H groups in total. The molecule has 0 aromatic carbocycles. The van der Waals surface area contributed by atoms with Gasteiger partial charge in [0.25, 0.3) is 5.91 Å². The molecule has 1 saturated heterocycles. The topological polar surface area (TPSA) is 76.3 Å². The van der Waals surface area contributed by atoms with Crippen molar-refractivity contribution < 1.29 is 4.79 Å². The molecular weight excluding hydrogens is 396 g/mol. The van der Waals surface area contributed by atoms with Crippen LogP contribution in [0.5, 0.6) is 0 Å². The number of aryl methyl sites for hydroxylation is 2. The van der Waals surface area contributed by atoms with E-state index in [2.05, 4.69) is 10.2 Å². The molecule has 1 aliphatic heterocycles. The van der Waals surface area contributed by atoms with Gasteiger partial charge in [0.05, 0.1) is 16.6 Å². The van der Waals surface area contributed by atoms with Gasteiger partial charge in [0.2, 0.25) is 0 Å². The molecule has 4 aromatic heterocycles. The minimum atomic E-state index is -0.0614. The van der Waals surface area contributed by atoms with Crippen LogP contribution < -0.4 is 0 Å². The molecule has 7 nitrogen and oxygen atoms in total. The zero-order valence-corrected chi connectivity index (χ0v) is 17.8. The van der Waals surface area contributed by atoms with Gasteiger partial charge in [-0.2, -0.15) is 0 Å². The Hall–Kier alpha value is -2.87. The van der Waals surface area contributed by atoms with Crippen molar-refractivity contribution in [3.63, 3.8) is 0 Å². The summed E-state index contributed by atoms with van der Waals surface area (Å²) in [4.78, 5) is 26.9. The van der Waals surface area contributed by atoms with Crippen molar-refractivity contribution in [1.29, 1.82) is 0 Å². The first-order chi connectivity index (χ1) is 14.6. The number of aromatic nitrogens is 5. The summed E-state index contributed by atoms with van der Waals surface area (Å²) in [6.07, 6.45) is 6.17. The van der Waals surface area contributed by atoms with Crippen LogP contribution in [0.2, 0.25) is 0 Å². The third-order valence-electron chi connectivity index (χ3n) is 6.28. The Labute approximate surface area is 177 Å². The van der Waals surface area contributed by atoms with E-state index in [-0.39, 0.29) is 11.9 Å². The van der Waals surface area contributed by atoms with Gasteiger partial charge in [0.15, 0.2) is 11.5 Å². The molecule has 5 heterocycles. The predicted octanol–water partition coefficient (Wildman–Crippen LogP) is 4.21. The zero-order valence-electron chi connectivity index (χ0n) is 17.0. The lowest BCUT2D eigenvalue weighted by Crippen LogP contribution is -2.31. The molecule has 1 aliphatic carbocycles. The molecule has 0 spiro atoms. The van der Waals surface area contributed by atoms with Gasteiger partial charge in [-0.15, -0.1) is 21.5 Å². The second kappa shape index (κ2) is 6.57. The Morgan fingerprint density at radius 3 is 2.83 bits per heavy atom. The highest BCUT2D eigenvalue weighted by Crippen LogP contribution is 2.41. The number of rotatable bonds is 3. The third kappa shape index (κ3) is 2.66. The molecule has 2 aliphatic rings. The van der Waals surface area contributed by atoms with E-state index in [1.54, 1.807) is 0 Å². The number of carbonyl (C=O) groups is 1. The van der Waals surface area contributed by atoms with E-state index in [9.17, 15) is 4.79 Å². The van der Waals surface area contributed by atoms with Crippen LogP contribution in [0, 0.1) is 13.8 Å². The number of thiophene rings is 1. The van der Waals surface area contributed by atoms with Gasteiger partial charge < -0.3 is 4.90 Å². The summed E-state index contributed by atoms with van der Waals surface area (Å²) in [6.45, 7) is 4.79. The molecule has 152 valence electrons. The fourth-order valence-corrected chi connectivity index (χ4v) is 5.78. The molecule has 4 aromatic rings. The fraction of sp³-hybridized carbons (Fsp3) is 0.409. The molecule has 1 amide bonds. The van der Waals surface area contributed by atoms with Gasteiger partial charge >= 0.3 is 0 Å². The van der Waals surface area contributed by atoms with Gasteiger partial charge in [-0.05, 0) is 57.2 Å². The number of likely N-dealkylation sites (tertiary alicyclic amines) is 1. The maximum absolute atomic E-state index is 13.7. The maximum atomic E-state index is 13.7. The number of hydrogen-bond acceptors (Lipinski definition) is 6. The third-order valence-corrected chi connectivity index (χ3v) is 7.45. The summed E-state index contributed by atoms with van der Waals surface area (Å²) in [5.74, 6) is 2.34. The first kappa shape index (κ1) is 17.9. The Morgan fingerprint density at radius 1 is 1.13 bits per heavy atom. The van der Waals surface area contributed by atoms with Gasteiger partial charge in [-0.1, -0.05) is 6.07 Å². The van der Waals surface area contributed by atoms with Crippen molar-refractivity contribution in [1.82, 2.24) is 29.5 Å². The monoisotopic (exact) mass is 418 g/mol. The molecule has 0 unspecified atom stereocenters. The van der Waals surface area contributed by atoms with Crippen LogP contribution in [0.1, 0.15) is 70.2 Å². The van der Waals surface area contributed by atoms with E-state index in [1.807, 2.05) is 47.5 Å². The Balaban J connectivity index is 1.40. The number of carbonyl (C=O) groups excluding carboxylic acids is 1. The number of fused-ring (bicyclic) bond motifs is 2. The summed E-state index contributed by atoms with van der Waals surface area (Å²) in [7, 11) is 0. The van der Waals surface area contributed by atoms with Crippen LogP contribution >= 0.6 is 11.3 Å². The summed E-state index contributed by atoms with van der Waals surface area (Å²) < 4.78 is 1.99. The van der Waals surface area contributed by atoms with E-state index in [0.717, 1.165) is 63.0 Å². The van der Waals surface area contributed by atoms with Crippen LogP contribution in [0.15, 0.2) is 24.4 Å². The molecule has 0 bridgehead atoms.